The van der Waals surface area contributed by atoms with Crippen LogP contribution in [0, 0.1) is 21.7 Å². The molecule has 1 rings (SSSR count). The van der Waals surface area contributed by atoms with Crippen molar-refractivity contribution in [3.8, 4) is 0 Å². The average molecular weight is 287 g/mol. The fraction of sp³-hybridized carbons (Fsp3) is 0.417. The molecule has 0 heterocycles. The van der Waals surface area contributed by atoms with Crippen molar-refractivity contribution in [3.05, 3.63) is 33.9 Å². The number of halogens is 2. The normalized spacial score (nSPS) is 12.0. The molecule has 0 saturated carbocycles. The molecule has 0 aromatic heterocycles. The Bertz CT molecular complexity index is 523. The lowest BCUT2D eigenvalue weighted by Gasteiger charge is -2.12. The van der Waals surface area contributed by atoms with Crippen molar-refractivity contribution in [2.45, 2.75) is 26.3 Å². The van der Waals surface area contributed by atoms with Crippen molar-refractivity contribution >= 4 is 17.3 Å². The predicted octanol–water partition coefficient (Wildman–Crippen LogP) is 2.20. The van der Waals surface area contributed by atoms with Crippen molar-refractivity contribution in [2.75, 3.05) is 11.9 Å². The topological polar surface area (TPSA) is 84.3 Å². The van der Waals surface area contributed by atoms with Crippen LogP contribution in [0.5, 0.6) is 0 Å². The molecule has 0 aliphatic carbocycles. The van der Waals surface area contributed by atoms with Gasteiger partial charge in [0.2, 0.25) is 5.91 Å². The third-order valence-corrected chi connectivity index (χ3v) is 2.58. The number of hydrogen-bond acceptors (Lipinski definition) is 4. The molecule has 1 amide bonds. The molecule has 1 atom stereocenters. The van der Waals surface area contributed by atoms with Crippen molar-refractivity contribution < 1.29 is 18.5 Å². The molecule has 0 spiro atoms. The average Bonchev–Trinajstić information content (AvgIpc) is 2.34. The monoisotopic (exact) mass is 287 g/mol. The first kappa shape index (κ1) is 16.0. The fourth-order valence-corrected chi connectivity index (χ4v) is 1.70. The van der Waals surface area contributed by atoms with Crippen LogP contribution in [0.4, 0.5) is 20.2 Å². The Balaban J connectivity index is 2.93. The van der Waals surface area contributed by atoms with E-state index >= 15 is 0 Å². The van der Waals surface area contributed by atoms with E-state index < -0.39 is 33.8 Å². The summed E-state index contributed by atoms with van der Waals surface area (Å²) in [5.74, 6) is -3.33. The van der Waals surface area contributed by atoms with Crippen LogP contribution >= 0.6 is 0 Å². The number of rotatable bonds is 6. The zero-order chi connectivity index (χ0) is 15.3. The molecule has 20 heavy (non-hydrogen) atoms. The molecule has 1 aromatic carbocycles. The van der Waals surface area contributed by atoms with Gasteiger partial charge in [-0.2, -0.15) is 0 Å². The van der Waals surface area contributed by atoms with E-state index in [2.05, 4.69) is 10.6 Å². The summed E-state index contributed by atoms with van der Waals surface area (Å²) in [5.41, 5.74) is -1.43. The maximum absolute atomic E-state index is 13.6. The number of anilines is 1. The van der Waals surface area contributed by atoms with Gasteiger partial charge in [-0.25, -0.2) is 8.78 Å². The number of nitrogens with zero attached hydrogens (tertiary/aromatic N) is 1. The van der Waals surface area contributed by atoms with Gasteiger partial charge in [0.1, 0.15) is 0 Å². The van der Waals surface area contributed by atoms with Gasteiger partial charge < -0.3 is 10.6 Å². The molecular formula is C12H15F2N3O3. The molecule has 110 valence electrons. The van der Waals surface area contributed by atoms with E-state index in [0.717, 1.165) is 6.07 Å². The lowest BCUT2D eigenvalue weighted by Crippen LogP contribution is -2.30. The maximum Gasteiger partial charge on any atom is 0.296 e. The minimum Gasteiger partial charge on any atom is -0.318 e. The van der Waals surface area contributed by atoms with Gasteiger partial charge in [0.05, 0.1) is 4.92 Å². The molecule has 0 bridgehead atoms. The van der Waals surface area contributed by atoms with Crippen molar-refractivity contribution in [3.63, 3.8) is 0 Å². The largest absolute Gasteiger partial charge is 0.318 e. The highest BCUT2D eigenvalue weighted by Crippen LogP contribution is 2.29. The third kappa shape index (κ3) is 3.95. The quantitative estimate of drug-likeness (QED) is 0.620. The molecule has 2 N–H and O–H groups in total. The summed E-state index contributed by atoms with van der Waals surface area (Å²) in [6.45, 7) is 4.23. The highest BCUT2D eigenvalue weighted by molar-refractivity contribution is 5.93. The van der Waals surface area contributed by atoms with Gasteiger partial charge in [-0.3, -0.25) is 14.9 Å². The Hall–Kier alpha value is -2.09. The van der Waals surface area contributed by atoms with Crippen molar-refractivity contribution in [2.24, 2.45) is 0 Å². The van der Waals surface area contributed by atoms with Crippen LogP contribution in [0.3, 0.4) is 0 Å². The Morgan fingerprint density at radius 1 is 1.45 bits per heavy atom. The maximum atomic E-state index is 13.6. The number of nitrogens with one attached hydrogen (secondary N) is 2. The number of carbonyl (C=O) groups is 1. The van der Waals surface area contributed by atoms with Crippen LogP contribution in [-0.2, 0) is 4.79 Å². The minimum atomic E-state index is -1.44. The van der Waals surface area contributed by atoms with Crippen LogP contribution in [0.25, 0.3) is 0 Å². The molecule has 0 aliphatic heterocycles. The first-order valence-electron chi connectivity index (χ1n) is 6.02. The molecule has 6 nitrogen and oxygen atoms in total. The highest BCUT2D eigenvalue weighted by Gasteiger charge is 2.23. The van der Waals surface area contributed by atoms with Gasteiger partial charge in [-0.05, 0) is 19.5 Å². The second-order valence-electron chi connectivity index (χ2n) is 4.22. The van der Waals surface area contributed by atoms with Crippen LogP contribution < -0.4 is 10.6 Å². The fourth-order valence-electron chi connectivity index (χ4n) is 1.70. The summed E-state index contributed by atoms with van der Waals surface area (Å²) >= 11 is 0. The van der Waals surface area contributed by atoms with Crippen molar-refractivity contribution in [1.29, 1.82) is 0 Å². The second kappa shape index (κ2) is 6.90. The Labute approximate surface area is 114 Å². The molecule has 8 heteroatoms. The van der Waals surface area contributed by atoms with Gasteiger partial charge in [-0.1, -0.05) is 6.92 Å². The van der Waals surface area contributed by atoms with Gasteiger partial charge in [0.25, 0.3) is 5.69 Å². The van der Waals surface area contributed by atoms with E-state index in [0.29, 0.717) is 12.6 Å². The molecule has 0 aliphatic rings. The molecule has 0 radical (unpaired) electrons. The number of benzene rings is 1. The van der Waals surface area contributed by atoms with E-state index in [-0.39, 0.29) is 12.5 Å². The van der Waals surface area contributed by atoms with Gasteiger partial charge in [0, 0.05) is 18.5 Å². The number of carbonyl (C=O) groups excluding carboxylic acids is 1. The van der Waals surface area contributed by atoms with Crippen LogP contribution in [-0.4, -0.2) is 23.4 Å². The predicted molar refractivity (Wildman–Crippen MR) is 69.4 cm³/mol. The van der Waals surface area contributed by atoms with E-state index in [1.807, 2.05) is 6.92 Å². The number of hydrogen-bond donors (Lipinski definition) is 2. The summed E-state index contributed by atoms with van der Waals surface area (Å²) in [6, 6.07) is 1.27. The smallest absolute Gasteiger partial charge is 0.296 e. The first-order chi connectivity index (χ1) is 9.36. The van der Waals surface area contributed by atoms with E-state index in [1.54, 1.807) is 6.92 Å². The van der Waals surface area contributed by atoms with Crippen LogP contribution in [0.1, 0.15) is 20.3 Å². The lowest BCUT2D eigenvalue weighted by atomic mass is 10.2. The Morgan fingerprint density at radius 2 is 2.10 bits per heavy atom. The number of nitro groups is 1. The lowest BCUT2D eigenvalue weighted by molar-refractivity contribution is -0.384. The summed E-state index contributed by atoms with van der Waals surface area (Å²) in [4.78, 5) is 21.5. The molecule has 1 unspecified atom stereocenters. The highest BCUT2D eigenvalue weighted by atomic mass is 19.2. The number of nitro benzene ring substituents is 1. The summed E-state index contributed by atoms with van der Waals surface area (Å²) in [5, 5.41) is 15.8. The SMILES string of the molecule is CCNC(C)CC(=O)Nc1c([N+](=O)[O-])ccc(F)c1F. The first-order valence-corrected chi connectivity index (χ1v) is 6.02. The summed E-state index contributed by atoms with van der Waals surface area (Å²) < 4.78 is 26.7. The third-order valence-electron chi connectivity index (χ3n) is 2.58. The standard InChI is InChI=1S/C12H15F2N3O3/c1-3-15-7(2)6-10(18)16-12-9(17(19)20)5-4-8(13)11(12)14/h4-5,7,15H,3,6H2,1-2H3,(H,16,18). The van der Waals surface area contributed by atoms with Gasteiger partial charge in [-0.15, -0.1) is 0 Å². The zero-order valence-corrected chi connectivity index (χ0v) is 11.1. The van der Waals surface area contributed by atoms with Gasteiger partial charge in [0.15, 0.2) is 17.3 Å². The Morgan fingerprint density at radius 3 is 2.65 bits per heavy atom. The molecule has 0 fully saturated rings. The number of amides is 1. The van der Waals surface area contributed by atoms with Crippen LogP contribution in [0.2, 0.25) is 0 Å². The summed E-state index contributed by atoms with van der Waals surface area (Å²) in [7, 11) is 0. The van der Waals surface area contributed by atoms with E-state index in [9.17, 15) is 23.7 Å². The molecule has 1 aromatic rings. The zero-order valence-electron chi connectivity index (χ0n) is 11.1. The van der Waals surface area contributed by atoms with E-state index in [1.165, 1.54) is 0 Å². The summed E-state index contributed by atoms with van der Waals surface area (Å²) in [6.07, 6.45) is -0.0129. The minimum absolute atomic E-state index is 0.0129. The van der Waals surface area contributed by atoms with Crippen LogP contribution in [0.15, 0.2) is 12.1 Å². The van der Waals surface area contributed by atoms with Gasteiger partial charge >= 0.3 is 0 Å². The molecular weight excluding hydrogens is 272 g/mol. The van der Waals surface area contributed by atoms with Crippen molar-refractivity contribution in [1.82, 2.24) is 5.32 Å². The second-order valence-corrected chi connectivity index (χ2v) is 4.22. The molecule has 0 saturated heterocycles. The Kier molecular flexibility index (Phi) is 5.51. The van der Waals surface area contributed by atoms with E-state index in [4.69, 9.17) is 0 Å².